The smallest absolute Gasteiger partial charge is 0.240 e. The number of nitrogens with zero attached hydrogens (tertiary/aromatic N) is 1. The highest BCUT2D eigenvalue weighted by Crippen LogP contribution is 2.29. The fourth-order valence-corrected chi connectivity index (χ4v) is 4.79. The second-order valence-corrected chi connectivity index (χ2v) is 8.76. The minimum Gasteiger partial charge on any atom is -0.343 e. The Kier molecular flexibility index (Phi) is 7.18. The molecule has 152 valence electrons. The summed E-state index contributed by atoms with van der Waals surface area (Å²) in [6.45, 7) is -0.0949. The van der Waals surface area contributed by atoms with Crippen LogP contribution in [0.5, 0.6) is 0 Å². The summed E-state index contributed by atoms with van der Waals surface area (Å²) in [6, 6.07) is 3.45. The summed E-state index contributed by atoms with van der Waals surface area (Å²) < 4.78 is 52.6. The number of fused-ring (bicyclic) bond motifs is 2. The third-order valence-electron chi connectivity index (χ3n) is 5.22. The van der Waals surface area contributed by atoms with Gasteiger partial charge in [0.15, 0.2) is 11.6 Å². The van der Waals surface area contributed by atoms with Gasteiger partial charge in [-0.3, -0.25) is 4.79 Å². The summed E-state index contributed by atoms with van der Waals surface area (Å²) in [6.07, 6.45) is 4.12. The highest BCUT2D eigenvalue weighted by molar-refractivity contribution is 7.89. The van der Waals surface area contributed by atoms with Gasteiger partial charge in [-0.15, -0.1) is 12.4 Å². The van der Waals surface area contributed by atoms with Crippen LogP contribution in [0.15, 0.2) is 23.1 Å². The van der Waals surface area contributed by atoms with E-state index in [0.29, 0.717) is 18.2 Å². The monoisotopic (exact) mass is 423 g/mol. The number of hydrogen-bond donors (Lipinski definition) is 2. The number of rotatable bonds is 6. The van der Waals surface area contributed by atoms with Gasteiger partial charge in [-0.1, -0.05) is 0 Å². The fourth-order valence-electron chi connectivity index (χ4n) is 3.74. The van der Waals surface area contributed by atoms with Crippen molar-refractivity contribution in [2.75, 3.05) is 13.6 Å². The molecular weight excluding hydrogens is 400 g/mol. The maximum Gasteiger partial charge on any atom is 0.240 e. The molecule has 0 spiro atoms. The predicted octanol–water partition coefficient (Wildman–Crippen LogP) is 1.80. The van der Waals surface area contributed by atoms with E-state index < -0.39 is 21.7 Å². The van der Waals surface area contributed by atoms with Crippen LogP contribution in [-0.2, 0) is 14.8 Å². The maximum absolute atomic E-state index is 13.2. The molecule has 1 aromatic carbocycles. The standard InChI is InChI=1S/C17H23F2N3O3S.ClH/c1-22(13-8-11-2-3-12(9-13)21-11)17(23)6-7-20-26(24,25)14-4-5-15(18)16(19)10-14;/h4-5,10-13,20-21H,2-3,6-9H2,1H3;1H. The molecule has 0 aromatic heterocycles. The van der Waals surface area contributed by atoms with Crippen LogP contribution >= 0.6 is 12.4 Å². The number of sulfonamides is 1. The molecule has 2 bridgehead atoms. The van der Waals surface area contributed by atoms with E-state index in [9.17, 15) is 22.0 Å². The second-order valence-electron chi connectivity index (χ2n) is 6.99. The maximum atomic E-state index is 13.2. The van der Waals surface area contributed by atoms with E-state index in [4.69, 9.17) is 0 Å². The Morgan fingerprint density at radius 2 is 1.85 bits per heavy atom. The first-order chi connectivity index (χ1) is 12.3. The third-order valence-corrected chi connectivity index (χ3v) is 6.68. The molecule has 10 heteroatoms. The summed E-state index contributed by atoms with van der Waals surface area (Å²) >= 11 is 0. The topological polar surface area (TPSA) is 78.5 Å². The minimum atomic E-state index is -3.99. The van der Waals surface area contributed by atoms with Crippen LogP contribution in [0, 0.1) is 11.6 Å². The zero-order chi connectivity index (χ0) is 18.9. The first-order valence-electron chi connectivity index (χ1n) is 8.72. The van der Waals surface area contributed by atoms with Gasteiger partial charge < -0.3 is 10.2 Å². The van der Waals surface area contributed by atoms with E-state index in [2.05, 4.69) is 10.0 Å². The Balaban J connectivity index is 0.00000261. The fraction of sp³-hybridized carbons (Fsp3) is 0.588. The van der Waals surface area contributed by atoms with Gasteiger partial charge in [0.2, 0.25) is 15.9 Å². The Bertz CT molecular complexity index is 782. The summed E-state index contributed by atoms with van der Waals surface area (Å²) in [5, 5.41) is 3.52. The lowest BCUT2D eigenvalue weighted by Crippen LogP contribution is -2.49. The Morgan fingerprint density at radius 1 is 1.22 bits per heavy atom. The van der Waals surface area contributed by atoms with Crippen LogP contribution in [0.2, 0.25) is 0 Å². The average Bonchev–Trinajstić information content (AvgIpc) is 2.94. The van der Waals surface area contributed by atoms with Gasteiger partial charge in [0.05, 0.1) is 4.90 Å². The van der Waals surface area contributed by atoms with Crippen molar-refractivity contribution < 1.29 is 22.0 Å². The molecule has 6 nitrogen and oxygen atoms in total. The molecule has 2 heterocycles. The number of piperidine rings is 1. The highest BCUT2D eigenvalue weighted by Gasteiger charge is 2.36. The number of benzene rings is 1. The number of nitrogens with one attached hydrogen (secondary N) is 2. The van der Waals surface area contributed by atoms with E-state index in [1.54, 1.807) is 11.9 Å². The van der Waals surface area contributed by atoms with Crippen molar-refractivity contribution in [3.63, 3.8) is 0 Å². The van der Waals surface area contributed by atoms with E-state index in [1.165, 1.54) is 0 Å². The molecule has 0 radical (unpaired) electrons. The predicted molar refractivity (Wildman–Crippen MR) is 99.1 cm³/mol. The Hall–Kier alpha value is -1.29. The van der Waals surface area contributed by atoms with Crippen LogP contribution in [0.4, 0.5) is 8.78 Å². The molecule has 2 aliphatic rings. The molecule has 27 heavy (non-hydrogen) atoms. The van der Waals surface area contributed by atoms with Gasteiger partial charge in [-0.2, -0.15) is 0 Å². The van der Waals surface area contributed by atoms with Crippen LogP contribution in [0.3, 0.4) is 0 Å². The lowest BCUT2D eigenvalue weighted by molar-refractivity contribution is -0.132. The second kappa shape index (κ2) is 8.81. The first kappa shape index (κ1) is 22.0. The number of amides is 1. The lowest BCUT2D eigenvalue weighted by atomic mass is 9.98. The van der Waals surface area contributed by atoms with E-state index in [-0.39, 0.29) is 42.2 Å². The Morgan fingerprint density at radius 3 is 2.44 bits per heavy atom. The van der Waals surface area contributed by atoms with Gasteiger partial charge in [0.1, 0.15) is 0 Å². The minimum absolute atomic E-state index is 0. The summed E-state index contributed by atoms with van der Waals surface area (Å²) in [5.41, 5.74) is 0. The average molecular weight is 424 g/mol. The van der Waals surface area contributed by atoms with E-state index in [0.717, 1.165) is 37.8 Å². The van der Waals surface area contributed by atoms with E-state index in [1.807, 2.05) is 0 Å². The van der Waals surface area contributed by atoms with Crippen molar-refractivity contribution in [3.05, 3.63) is 29.8 Å². The largest absolute Gasteiger partial charge is 0.343 e. The van der Waals surface area contributed by atoms with Crippen LogP contribution in [0.1, 0.15) is 32.1 Å². The van der Waals surface area contributed by atoms with Crippen molar-refractivity contribution in [2.45, 2.75) is 55.1 Å². The summed E-state index contributed by atoms with van der Waals surface area (Å²) in [4.78, 5) is 13.7. The Labute approximate surface area is 164 Å². The molecule has 1 amide bonds. The summed E-state index contributed by atoms with van der Waals surface area (Å²) in [5.74, 6) is -2.48. The van der Waals surface area contributed by atoms with Crippen molar-refractivity contribution in [1.82, 2.24) is 14.9 Å². The van der Waals surface area contributed by atoms with Gasteiger partial charge >= 0.3 is 0 Å². The molecule has 3 rings (SSSR count). The molecule has 0 aliphatic carbocycles. The highest BCUT2D eigenvalue weighted by atomic mass is 35.5. The molecule has 2 fully saturated rings. The number of halogens is 3. The van der Waals surface area contributed by atoms with Crippen molar-refractivity contribution in [3.8, 4) is 0 Å². The third kappa shape index (κ3) is 5.16. The number of carbonyl (C=O) groups excluding carboxylic acids is 1. The normalized spacial score (nSPS) is 24.3. The molecular formula is C17H24ClF2N3O3S. The molecule has 2 aliphatic heterocycles. The van der Waals surface area contributed by atoms with Gasteiger partial charge in [-0.05, 0) is 43.9 Å². The first-order valence-corrected chi connectivity index (χ1v) is 10.2. The van der Waals surface area contributed by atoms with E-state index >= 15 is 0 Å². The van der Waals surface area contributed by atoms with Crippen molar-refractivity contribution in [1.29, 1.82) is 0 Å². The molecule has 1 aromatic rings. The van der Waals surface area contributed by atoms with Crippen molar-refractivity contribution in [2.24, 2.45) is 0 Å². The molecule has 0 saturated carbocycles. The van der Waals surface area contributed by atoms with Gasteiger partial charge in [0.25, 0.3) is 0 Å². The SMILES string of the molecule is CN(C(=O)CCNS(=O)(=O)c1ccc(F)c(F)c1)C1CC2CCC(C1)N2.Cl. The molecule has 2 atom stereocenters. The van der Waals surface area contributed by atoms with Gasteiger partial charge in [-0.25, -0.2) is 21.9 Å². The van der Waals surface area contributed by atoms with Crippen LogP contribution in [-0.4, -0.2) is 50.9 Å². The van der Waals surface area contributed by atoms with Crippen LogP contribution in [0.25, 0.3) is 0 Å². The number of hydrogen-bond acceptors (Lipinski definition) is 4. The summed E-state index contributed by atoms with van der Waals surface area (Å²) in [7, 11) is -2.24. The lowest BCUT2D eigenvalue weighted by Gasteiger charge is -2.35. The zero-order valence-electron chi connectivity index (χ0n) is 15.0. The molecule has 2 unspecified atom stereocenters. The van der Waals surface area contributed by atoms with Gasteiger partial charge in [0, 0.05) is 38.1 Å². The molecule has 2 saturated heterocycles. The molecule has 2 N–H and O–H groups in total. The van der Waals surface area contributed by atoms with Crippen molar-refractivity contribution >= 4 is 28.3 Å². The number of carbonyl (C=O) groups is 1. The quantitative estimate of drug-likeness (QED) is 0.731. The zero-order valence-corrected chi connectivity index (χ0v) is 16.6. The van der Waals surface area contributed by atoms with Crippen LogP contribution < -0.4 is 10.0 Å².